The fraction of sp³-hybridized carbons (Fsp3) is 0.0833. The van der Waals surface area contributed by atoms with Crippen LogP contribution in [-0.4, -0.2) is 9.97 Å². The number of hydrogen-bond donors (Lipinski definition) is 2. The third-order valence-electron chi connectivity index (χ3n) is 4.70. The minimum absolute atomic E-state index is 0.146. The summed E-state index contributed by atoms with van der Waals surface area (Å²) in [5.74, 6) is 0.904. The number of hydrogen-bond acceptors (Lipinski definition) is 7. The molecule has 0 spiro atoms. The van der Waals surface area contributed by atoms with Gasteiger partial charge >= 0.3 is 0 Å². The molecule has 0 aliphatic carbocycles. The van der Waals surface area contributed by atoms with E-state index in [1.807, 2.05) is 60.7 Å². The molecule has 0 bridgehead atoms. The van der Waals surface area contributed by atoms with Gasteiger partial charge in [0, 0.05) is 0 Å². The van der Waals surface area contributed by atoms with Crippen LogP contribution in [-0.2, 0) is 13.2 Å². The van der Waals surface area contributed by atoms with Crippen molar-refractivity contribution in [1.29, 1.82) is 0 Å². The average molecular weight is 428 g/mol. The van der Waals surface area contributed by atoms with Gasteiger partial charge in [0.25, 0.3) is 5.56 Å². The number of H-pyrrole nitrogens is 1. The van der Waals surface area contributed by atoms with E-state index in [-0.39, 0.29) is 11.6 Å². The summed E-state index contributed by atoms with van der Waals surface area (Å²) in [6, 6.07) is 24.6. The van der Waals surface area contributed by atoms with E-state index in [1.165, 1.54) is 0 Å². The summed E-state index contributed by atoms with van der Waals surface area (Å²) in [5, 5.41) is 2.65. The van der Waals surface area contributed by atoms with Crippen molar-refractivity contribution in [2.45, 2.75) is 13.2 Å². The number of aromatic amines is 1. The van der Waals surface area contributed by atoms with Gasteiger partial charge in [-0.2, -0.15) is 0 Å². The molecular weight excluding hydrogens is 408 g/mol. The molecule has 1 aromatic heterocycles. The summed E-state index contributed by atoms with van der Waals surface area (Å²) in [6.07, 6.45) is 0. The number of nitroso groups, excluding NO2 is 1. The van der Waals surface area contributed by atoms with E-state index in [0.717, 1.165) is 11.1 Å². The predicted octanol–water partition coefficient (Wildman–Crippen LogP) is 4.58. The highest BCUT2D eigenvalue weighted by Crippen LogP contribution is 2.33. The molecule has 160 valence electrons. The van der Waals surface area contributed by atoms with Crippen LogP contribution in [0, 0.1) is 4.91 Å². The molecule has 0 atom stereocenters. The molecule has 3 N–H and O–H groups in total. The molecule has 0 unspecified atom stereocenters. The third-order valence-corrected chi connectivity index (χ3v) is 4.70. The molecule has 0 aliphatic rings. The summed E-state index contributed by atoms with van der Waals surface area (Å²) >= 11 is 0. The Bertz CT molecular complexity index is 1270. The zero-order chi connectivity index (χ0) is 22.3. The molecule has 0 aliphatic heterocycles. The molecule has 0 fully saturated rings. The van der Waals surface area contributed by atoms with Crippen molar-refractivity contribution in [1.82, 2.24) is 9.97 Å². The lowest BCUT2D eigenvalue weighted by atomic mass is 10.1. The number of nitrogen functional groups attached to an aromatic ring is 1. The molecule has 8 nitrogen and oxygen atoms in total. The fourth-order valence-electron chi connectivity index (χ4n) is 3.09. The van der Waals surface area contributed by atoms with Crippen LogP contribution in [0.4, 0.5) is 11.5 Å². The Hall–Kier alpha value is -4.46. The maximum atomic E-state index is 12.2. The van der Waals surface area contributed by atoms with Gasteiger partial charge in [-0.3, -0.25) is 4.79 Å². The average Bonchev–Trinajstić information content (AvgIpc) is 2.83. The van der Waals surface area contributed by atoms with E-state index in [1.54, 1.807) is 18.2 Å². The largest absolute Gasteiger partial charge is 0.489 e. The first kappa shape index (κ1) is 20.8. The lowest BCUT2D eigenvalue weighted by Gasteiger charge is -2.14. The van der Waals surface area contributed by atoms with Crippen LogP contribution in [0.1, 0.15) is 11.1 Å². The minimum Gasteiger partial charge on any atom is -0.489 e. The monoisotopic (exact) mass is 428 g/mol. The smallest absolute Gasteiger partial charge is 0.282 e. The van der Waals surface area contributed by atoms with E-state index in [0.29, 0.717) is 30.3 Å². The normalized spacial score (nSPS) is 10.5. The molecule has 0 radical (unpaired) electrons. The van der Waals surface area contributed by atoms with Gasteiger partial charge in [-0.15, -0.1) is 4.91 Å². The van der Waals surface area contributed by atoms with E-state index in [9.17, 15) is 9.70 Å². The lowest BCUT2D eigenvalue weighted by Crippen LogP contribution is -2.12. The lowest BCUT2D eigenvalue weighted by molar-refractivity contribution is 0.298. The van der Waals surface area contributed by atoms with Gasteiger partial charge in [0.15, 0.2) is 5.82 Å². The predicted molar refractivity (Wildman–Crippen MR) is 122 cm³/mol. The van der Waals surface area contributed by atoms with Gasteiger partial charge in [0.2, 0.25) is 5.69 Å². The fourth-order valence-corrected chi connectivity index (χ4v) is 3.09. The van der Waals surface area contributed by atoms with Crippen molar-refractivity contribution in [2.75, 3.05) is 5.73 Å². The van der Waals surface area contributed by atoms with Gasteiger partial charge in [-0.25, -0.2) is 4.98 Å². The summed E-state index contributed by atoms with van der Waals surface area (Å²) in [6.45, 7) is 0.677. The van der Waals surface area contributed by atoms with Crippen molar-refractivity contribution in [3.63, 3.8) is 0 Å². The molecule has 0 saturated carbocycles. The van der Waals surface area contributed by atoms with Crippen LogP contribution in [0.3, 0.4) is 0 Å². The topological polar surface area (TPSA) is 120 Å². The van der Waals surface area contributed by atoms with Crippen molar-refractivity contribution < 1.29 is 9.47 Å². The van der Waals surface area contributed by atoms with Crippen LogP contribution in [0.2, 0.25) is 0 Å². The minimum atomic E-state index is -0.730. The van der Waals surface area contributed by atoms with Gasteiger partial charge < -0.3 is 20.2 Å². The number of aromatic nitrogens is 2. The van der Waals surface area contributed by atoms with Crippen molar-refractivity contribution >= 4 is 11.5 Å². The SMILES string of the molecule is Nc1nc(-c2cc(OCc3ccccc3)ccc2OCc2ccccc2)[nH]c(=O)c1N=O. The highest BCUT2D eigenvalue weighted by molar-refractivity contribution is 5.69. The first-order chi connectivity index (χ1) is 15.6. The van der Waals surface area contributed by atoms with Crippen molar-refractivity contribution in [3.8, 4) is 22.9 Å². The zero-order valence-corrected chi connectivity index (χ0v) is 17.0. The van der Waals surface area contributed by atoms with E-state index in [4.69, 9.17) is 15.2 Å². The molecule has 1 heterocycles. The molecule has 4 aromatic rings. The molecular formula is C24H20N4O4. The number of nitrogens with zero attached hydrogens (tertiary/aromatic N) is 2. The van der Waals surface area contributed by atoms with Gasteiger partial charge in [0.1, 0.15) is 30.5 Å². The quantitative estimate of drug-likeness (QED) is 0.397. The van der Waals surface area contributed by atoms with E-state index >= 15 is 0 Å². The number of rotatable bonds is 8. The molecule has 4 rings (SSSR count). The maximum Gasteiger partial charge on any atom is 0.282 e. The second kappa shape index (κ2) is 9.57. The van der Waals surface area contributed by atoms with Crippen molar-refractivity contribution in [3.05, 3.63) is 105 Å². The number of nitrogens with two attached hydrogens (primary N) is 1. The maximum absolute atomic E-state index is 12.2. The highest BCUT2D eigenvalue weighted by Gasteiger charge is 2.16. The van der Waals surface area contributed by atoms with E-state index < -0.39 is 11.2 Å². The first-order valence-electron chi connectivity index (χ1n) is 9.85. The molecule has 0 saturated heterocycles. The van der Waals surface area contributed by atoms with E-state index in [2.05, 4.69) is 15.1 Å². The van der Waals surface area contributed by atoms with Crippen LogP contribution in [0.15, 0.2) is 88.8 Å². The summed E-state index contributed by atoms with van der Waals surface area (Å²) in [7, 11) is 0. The Kier molecular flexibility index (Phi) is 6.22. The Morgan fingerprint density at radius 3 is 2.09 bits per heavy atom. The summed E-state index contributed by atoms with van der Waals surface area (Å²) in [5.41, 5.74) is 7.02. The van der Waals surface area contributed by atoms with Crippen LogP contribution >= 0.6 is 0 Å². The number of ether oxygens (including phenoxy) is 2. The number of benzene rings is 3. The van der Waals surface area contributed by atoms with Crippen LogP contribution < -0.4 is 20.8 Å². The number of anilines is 1. The Balaban J connectivity index is 1.67. The molecule has 8 heteroatoms. The standard InChI is InChI=1S/C24H20N4O4/c25-22-21(28-30)24(29)27-23(26-22)19-13-18(31-14-16-7-3-1-4-8-16)11-12-20(19)32-15-17-9-5-2-6-10-17/h1-13H,14-15H2,(H3,25,26,27,29). The second-order valence-corrected chi connectivity index (χ2v) is 6.95. The van der Waals surface area contributed by atoms with Gasteiger partial charge in [-0.05, 0) is 34.5 Å². The van der Waals surface area contributed by atoms with Crippen LogP contribution in [0.25, 0.3) is 11.4 Å². The van der Waals surface area contributed by atoms with Crippen LogP contribution in [0.5, 0.6) is 11.5 Å². The highest BCUT2D eigenvalue weighted by atomic mass is 16.5. The Morgan fingerprint density at radius 2 is 1.50 bits per heavy atom. The third kappa shape index (κ3) is 4.81. The van der Waals surface area contributed by atoms with Gasteiger partial charge in [-0.1, -0.05) is 60.7 Å². The molecule has 3 aromatic carbocycles. The summed E-state index contributed by atoms with van der Waals surface area (Å²) < 4.78 is 11.9. The Labute approximate surface area is 183 Å². The molecule has 0 amide bonds. The van der Waals surface area contributed by atoms with Crippen molar-refractivity contribution in [2.24, 2.45) is 5.18 Å². The molecule has 32 heavy (non-hydrogen) atoms. The summed E-state index contributed by atoms with van der Waals surface area (Å²) in [4.78, 5) is 29.8. The number of nitrogens with one attached hydrogen (secondary N) is 1. The zero-order valence-electron chi connectivity index (χ0n) is 17.0. The second-order valence-electron chi connectivity index (χ2n) is 6.95. The first-order valence-corrected chi connectivity index (χ1v) is 9.85. The Morgan fingerprint density at radius 1 is 0.875 bits per heavy atom. The van der Waals surface area contributed by atoms with Gasteiger partial charge in [0.05, 0.1) is 5.56 Å².